The van der Waals surface area contributed by atoms with E-state index in [0.29, 0.717) is 18.0 Å². The van der Waals surface area contributed by atoms with Gasteiger partial charge in [0.1, 0.15) is 0 Å². The van der Waals surface area contributed by atoms with Crippen LogP contribution in [0.25, 0.3) is 0 Å². The van der Waals surface area contributed by atoms with Gasteiger partial charge >= 0.3 is 0 Å². The van der Waals surface area contributed by atoms with E-state index in [4.69, 9.17) is 11.6 Å². The molecular formula is C22H22Cl2N2O2. The number of halogens is 2. The van der Waals surface area contributed by atoms with E-state index in [2.05, 4.69) is 35.9 Å². The SMILES string of the molecule is CN1[C@H]2CC[C@@H]1[C@@H](C#Cc1ccc([N+](=O)[O-])cc1)[C@@H](c1ccc(Cl)cc1)C2.Cl. The van der Waals surface area contributed by atoms with Crippen LogP contribution in [0.15, 0.2) is 48.5 Å². The van der Waals surface area contributed by atoms with Crippen LogP contribution in [0, 0.1) is 27.9 Å². The highest BCUT2D eigenvalue weighted by Gasteiger charge is 2.45. The summed E-state index contributed by atoms with van der Waals surface area (Å²) in [6, 6.07) is 15.7. The maximum absolute atomic E-state index is 10.8. The van der Waals surface area contributed by atoms with Crippen molar-refractivity contribution >= 4 is 29.7 Å². The first kappa shape index (κ1) is 20.7. The minimum atomic E-state index is -0.386. The van der Waals surface area contributed by atoms with Crippen LogP contribution in [0.4, 0.5) is 5.69 Å². The van der Waals surface area contributed by atoms with Gasteiger partial charge < -0.3 is 0 Å². The number of nitro benzene ring substituents is 1. The third kappa shape index (κ3) is 4.03. The summed E-state index contributed by atoms with van der Waals surface area (Å²) >= 11 is 6.07. The zero-order chi connectivity index (χ0) is 19.0. The molecule has 146 valence electrons. The quantitative estimate of drug-likeness (QED) is 0.379. The van der Waals surface area contributed by atoms with Gasteiger partial charge in [0, 0.05) is 46.6 Å². The lowest BCUT2D eigenvalue weighted by molar-refractivity contribution is -0.384. The van der Waals surface area contributed by atoms with E-state index in [-0.39, 0.29) is 28.9 Å². The molecule has 4 atom stereocenters. The molecule has 2 aliphatic rings. The minimum absolute atomic E-state index is 0. The number of fused-ring (bicyclic) bond motifs is 2. The predicted octanol–water partition coefficient (Wildman–Crippen LogP) is 5.29. The molecule has 0 unspecified atom stereocenters. The monoisotopic (exact) mass is 416 g/mol. The number of hydrogen-bond donors (Lipinski definition) is 0. The average molecular weight is 417 g/mol. The number of nitrogens with zero attached hydrogens (tertiary/aromatic N) is 2. The molecule has 0 aliphatic carbocycles. The van der Waals surface area contributed by atoms with Gasteiger partial charge in [-0.1, -0.05) is 35.6 Å². The van der Waals surface area contributed by atoms with Crippen molar-refractivity contribution in [1.29, 1.82) is 0 Å². The summed E-state index contributed by atoms with van der Waals surface area (Å²) in [7, 11) is 2.21. The second kappa shape index (κ2) is 8.53. The second-order valence-corrected chi connectivity index (χ2v) is 7.89. The zero-order valence-corrected chi connectivity index (χ0v) is 17.1. The Morgan fingerprint density at radius 3 is 2.43 bits per heavy atom. The lowest BCUT2D eigenvalue weighted by Gasteiger charge is -2.41. The molecule has 0 radical (unpaired) electrons. The Kier molecular flexibility index (Phi) is 6.30. The normalized spacial score (nSPS) is 26.1. The van der Waals surface area contributed by atoms with Gasteiger partial charge in [0.15, 0.2) is 0 Å². The van der Waals surface area contributed by atoms with Gasteiger partial charge in [-0.2, -0.15) is 0 Å². The second-order valence-electron chi connectivity index (χ2n) is 7.46. The van der Waals surface area contributed by atoms with Crippen molar-refractivity contribution in [3.8, 4) is 11.8 Å². The van der Waals surface area contributed by atoms with Crippen molar-refractivity contribution in [2.75, 3.05) is 7.05 Å². The number of rotatable bonds is 2. The number of hydrogen-bond acceptors (Lipinski definition) is 3. The number of non-ortho nitro benzene ring substituents is 1. The smallest absolute Gasteiger partial charge is 0.269 e. The first-order valence-electron chi connectivity index (χ1n) is 9.26. The molecule has 0 amide bonds. The fourth-order valence-corrected chi connectivity index (χ4v) is 4.68. The van der Waals surface area contributed by atoms with E-state index in [1.54, 1.807) is 12.1 Å². The largest absolute Gasteiger partial charge is 0.299 e. The maximum atomic E-state index is 10.8. The molecule has 4 nitrogen and oxygen atoms in total. The van der Waals surface area contributed by atoms with Crippen molar-refractivity contribution in [2.24, 2.45) is 5.92 Å². The van der Waals surface area contributed by atoms with Gasteiger partial charge in [-0.3, -0.25) is 15.0 Å². The van der Waals surface area contributed by atoms with Crippen molar-refractivity contribution in [3.63, 3.8) is 0 Å². The molecule has 2 aliphatic heterocycles. The molecule has 2 aromatic carbocycles. The van der Waals surface area contributed by atoms with Crippen LogP contribution in [0.2, 0.25) is 5.02 Å². The Morgan fingerprint density at radius 1 is 1.11 bits per heavy atom. The molecule has 0 aromatic heterocycles. The van der Waals surface area contributed by atoms with Crippen LogP contribution in [0.3, 0.4) is 0 Å². The highest BCUT2D eigenvalue weighted by Crippen LogP contribution is 2.46. The Bertz CT molecular complexity index is 903. The molecule has 2 bridgehead atoms. The molecule has 4 rings (SSSR count). The lowest BCUT2D eigenvalue weighted by atomic mass is 9.76. The van der Waals surface area contributed by atoms with E-state index in [1.165, 1.54) is 30.5 Å². The summed E-state index contributed by atoms with van der Waals surface area (Å²) in [5, 5.41) is 11.6. The standard InChI is InChI=1S/C22H21ClN2O2.ClH/c1-24-19-11-13-22(24)20(21(14-19)16-5-7-17(23)8-6-16)12-4-15-2-9-18(10-3-15)25(26)27;/h2-3,5-10,19-22H,11,13-14H2,1H3;1H/t19-,20-,21+,22+;/m0./s1. The Morgan fingerprint density at radius 2 is 1.79 bits per heavy atom. The molecule has 28 heavy (non-hydrogen) atoms. The third-order valence-electron chi connectivity index (χ3n) is 6.03. The number of piperidine rings is 1. The van der Waals surface area contributed by atoms with E-state index in [0.717, 1.165) is 17.0 Å². The fourth-order valence-electron chi connectivity index (χ4n) is 4.55. The van der Waals surface area contributed by atoms with Crippen LogP contribution in [0.5, 0.6) is 0 Å². The molecule has 2 fully saturated rings. The molecule has 0 spiro atoms. The van der Waals surface area contributed by atoms with E-state index >= 15 is 0 Å². The van der Waals surface area contributed by atoms with Gasteiger partial charge in [0.05, 0.1) is 4.92 Å². The summed E-state index contributed by atoms with van der Waals surface area (Å²) in [5.41, 5.74) is 2.21. The first-order chi connectivity index (χ1) is 13.0. The molecule has 2 saturated heterocycles. The van der Waals surface area contributed by atoms with Crippen LogP contribution in [-0.2, 0) is 0 Å². The van der Waals surface area contributed by atoms with Gasteiger partial charge in [-0.25, -0.2) is 0 Å². The molecule has 0 N–H and O–H groups in total. The van der Waals surface area contributed by atoms with Crippen LogP contribution in [0.1, 0.15) is 36.3 Å². The van der Waals surface area contributed by atoms with Crippen molar-refractivity contribution in [2.45, 2.75) is 37.3 Å². The summed E-state index contributed by atoms with van der Waals surface area (Å²) in [6.45, 7) is 0. The van der Waals surface area contributed by atoms with Gasteiger partial charge in [-0.15, -0.1) is 12.4 Å². The number of nitro groups is 1. The highest BCUT2D eigenvalue weighted by molar-refractivity contribution is 6.30. The van der Waals surface area contributed by atoms with Crippen molar-refractivity contribution in [3.05, 3.63) is 74.8 Å². The topological polar surface area (TPSA) is 46.4 Å². The Balaban J connectivity index is 0.00000225. The van der Waals surface area contributed by atoms with Crippen LogP contribution in [-0.4, -0.2) is 29.0 Å². The van der Waals surface area contributed by atoms with Crippen molar-refractivity contribution in [1.82, 2.24) is 4.90 Å². The van der Waals surface area contributed by atoms with E-state index < -0.39 is 0 Å². The summed E-state index contributed by atoms with van der Waals surface area (Å²) in [4.78, 5) is 12.9. The van der Waals surface area contributed by atoms with Gasteiger partial charge in [0.25, 0.3) is 5.69 Å². The fraction of sp³-hybridized carbons (Fsp3) is 0.364. The van der Waals surface area contributed by atoms with E-state index in [9.17, 15) is 10.1 Å². The summed E-state index contributed by atoms with van der Waals surface area (Å²) in [5.74, 6) is 7.41. The molecule has 2 heterocycles. The van der Waals surface area contributed by atoms with Crippen molar-refractivity contribution < 1.29 is 4.92 Å². The zero-order valence-electron chi connectivity index (χ0n) is 15.5. The maximum Gasteiger partial charge on any atom is 0.269 e. The van der Waals surface area contributed by atoms with Gasteiger partial charge in [0.2, 0.25) is 0 Å². The number of benzene rings is 2. The molecule has 0 saturated carbocycles. The minimum Gasteiger partial charge on any atom is -0.299 e. The third-order valence-corrected chi connectivity index (χ3v) is 6.28. The van der Waals surface area contributed by atoms with Crippen LogP contribution < -0.4 is 0 Å². The summed E-state index contributed by atoms with van der Waals surface area (Å²) in [6.07, 6.45) is 3.50. The molecular weight excluding hydrogens is 395 g/mol. The first-order valence-corrected chi connectivity index (χ1v) is 9.64. The molecule has 2 aromatic rings. The average Bonchev–Trinajstić information content (AvgIpc) is 2.91. The Hall–Kier alpha value is -2.06. The lowest BCUT2D eigenvalue weighted by Crippen LogP contribution is -2.45. The van der Waals surface area contributed by atoms with E-state index in [1.807, 2.05) is 12.1 Å². The summed E-state index contributed by atoms with van der Waals surface area (Å²) < 4.78 is 0. The Labute approximate surface area is 176 Å². The predicted molar refractivity (Wildman–Crippen MR) is 114 cm³/mol. The highest BCUT2D eigenvalue weighted by atomic mass is 35.5. The molecule has 6 heteroatoms. The van der Waals surface area contributed by atoms with Gasteiger partial charge in [-0.05, 0) is 56.1 Å². The van der Waals surface area contributed by atoms with Crippen LogP contribution >= 0.6 is 24.0 Å².